The highest BCUT2D eigenvalue weighted by molar-refractivity contribution is 5.97. The minimum absolute atomic E-state index is 0.0104. The van der Waals surface area contributed by atoms with Gasteiger partial charge in [0, 0.05) is 30.6 Å². The zero-order valence-electron chi connectivity index (χ0n) is 16.7. The van der Waals surface area contributed by atoms with Crippen LogP contribution in [0.15, 0.2) is 54.6 Å². The lowest BCUT2D eigenvalue weighted by Gasteiger charge is -2.31. The normalized spacial score (nSPS) is 15.5. The Hall–Kier alpha value is -2.79. The Labute approximate surface area is 171 Å². The van der Waals surface area contributed by atoms with Crippen molar-refractivity contribution in [2.45, 2.75) is 19.8 Å². The molecule has 4 nitrogen and oxygen atoms in total. The number of Topliss-reactive ketones (excluding diaryl/α,β-unsaturated/α-hetero) is 1. The van der Waals surface area contributed by atoms with Crippen molar-refractivity contribution in [1.29, 1.82) is 0 Å². The molecule has 0 aromatic heterocycles. The van der Waals surface area contributed by atoms with Gasteiger partial charge in [-0.15, -0.1) is 0 Å². The third kappa shape index (κ3) is 6.36. The van der Waals surface area contributed by atoms with Gasteiger partial charge in [-0.3, -0.25) is 9.59 Å². The molecule has 2 aromatic rings. The van der Waals surface area contributed by atoms with Gasteiger partial charge in [-0.2, -0.15) is 0 Å². The van der Waals surface area contributed by atoms with Crippen molar-refractivity contribution in [3.63, 3.8) is 0 Å². The summed E-state index contributed by atoms with van der Waals surface area (Å²) in [6, 6.07) is 13.8. The SMILES string of the molecule is Cc1ccc(/C=C/C(=O)NCCN2CCC(C(=O)c3ccc(F)cc3)CC2)cc1. The molecule has 152 valence electrons. The first-order chi connectivity index (χ1) is 14.0. The number of hydrogen-bond donors (Lipinski definition) is 1. The number of likely N-dealkylation sites (tertiary alicyclic amines) is 1. The number of rotatable bonds is 7. The zero-order chi connectivity index (χ0) is 20.6. The van der Waals surface area contributed by atoms with Gasteiger partial charge in [0.1, 0.15) is 5.82 Å². The molecule has 0 radical (unpaired) electrons. The number of piperidine rings is 1. The standard InChI is InChI=1S/C24H27FN2O2/c1-18-2-4-19(5-3-18)6-11-23(28)26-14-17-27-15-12-21(13-16-27)24(29)20-7-9-22(25)10-8-20/h2-11,21H,12-17H2,1H3,(H,26,28)/b11-6+. The number of nitrogens with zero attached hydrogens (tertiary/aromatic N) is 1. The molecule has 1 saturated heterocycles. The molecular weight excluding hydrogens is 367 g/mol. The fourth-order valence-corrected chi connectivity index (χ4v) is 3.51. The van der Waals surface area contributed by atoms with E-state index in [9.17, 15) is 14.0 Å². The maximum atomic E-state index is 13.0. The van der Waals surface area contributed by atoms with E-state index in [4.69, 9.17) is 0 Å². The summed E-state index contributed by atoms with van der Waals surface area (Å²) in [5.41, 5.74) is 2.77. The number of aryl methyl sites for hydroxylation is 1. The Kier molecular flexibility index (Phi) is 7.30. The van der Waals surface area contributed by atoms with Gasteiger partial charge in [0.05, 0.1) is 0 Å². The molecule has 0 bridgehead atoms. The van der Waals surface area contributed by atoms with Gasteiger partial charge in [-0.1, -0.05) is 29.8 Å². The Bertz CT molecular complexity index is 851. The van der Waals surface area contributed by atoms with Gasteiger partial charge in [0.15, 0.2) is 5.78 Å². The summed E-state index contributed by atoms with van der Waals surface area (Å²) in [4.78, 5) is 26.7. The number of carbonyl (C=O) groups excluding carboxylic acids is 2. The van der Waals surface area contributed by atoms with Crippen LogP contribution >= 0.6 is 0 Å². The molecule has 0 atom stereocenters. The van der Waals surface area contributed by atoms with Gasteiger partial charge >= 0.3 is 0 Å². The molecule has 0 unspecified atom stereocenters. The van der Waals surface area contributed by atoms with Crippen LogP contribution in [0.2, 0.25) is 0 Å². The summed E-state index contributed by atoms with van der Waals surface area (Å²) in [6.45, 7) is 5.02. The molecule has 0 aliphatic carbocycles. The Morgan fingerprint density at radius 2 is 1.72 bits per heavy atom. The first kappa shape index (κ1) is 20.9. The predicted molar refractivity (Wildman–Crippen MR) is 113 cm³/mol. The Morgan fingerprint density at radius 3 is 2.38 bits per heavy atom. The summed E-state index contributed by atoms with van der Waals surface area (Å²) in [7, 11) is 0. The Balaban J connectivity index is 1.36. The highest BCUT2D eigenvalue weighted by Gasteiger charge is 2.25. The number of halogens is 1. The molecule has 0 spiro atoms. The van der Waals surface area contributed by atoms with Crippen molar-refractivity contribution >= 4 is 17.8 Å². The van der Waals surface area contributed by atoms with Gasteiger partial charge in [0.2, 0.25) is 5.91 Å². The second-order valence-corrected chi connectivity index (χ2v) is 7.52. The average Bonchev–Trinajstić information content (AvgIpc) is 2.74. The maximum Gasteiger partial charge on any atom is 0.244 e. The maximum absolute atomic E-state index is 13.0. The van der Waals surface area contributed by atoms with Crippen molar-refractivity contribution in [2.24, 2.45) is 5.92 Å². The van der Waals surface area contributed by atoms with E-state index in [2.05, 4.69) is 10.2 Å². The molecule has 1 aliphatic rings. The van der Waals surface area contributed by atoms with Gasteiger partial charge in [0.25, 0.3) is 0 Å². The molecule has 1 heterocycles. The minimum Gasteiger partial charge on any atom is -0.351 e. The highest BCUT2D eigenvalue weighted by atomic mass is 19.1. The number of hydrogen-bond acceptors (Lipinski definition) is 3. The minimum atomic E-state index is -0.327. The van der Waals surface area contributed by atoms with Crippen molar-refractivity contribution in [2.75, 3.05) is 26.2 Å². The number of ketones is 1. The van der Waals surface area contributed by atoms with E-state index in [0.29, 0.717) is 12.1 Å². The largest absolute Gasteiger partial charge is 0.351 e. The second-order valence-electron chi connectivity index (χ2n) is 7.52. The number of carbonyl (C=O) groups is 2. The van der Waals surface area contributed by atoms with Crippen molar-refractivity contribution < 1.29 is 14.0 Å². The van der Waals surface area contributed by atoms with Crippen LogP contribution in [0.25, 0.3) is 6.08 Å². The van der Waals surface area contributed by atoms with E-state index in [0.717, 1.165) is 38.0 Å². The molecule has 1 aliphatic heterocycles. The first-order valence-electron chi connectivity index (χ1n) is 10.1. The summed E-state index contributed by atoms with van der Waals surface area (Å²) < 4.78 is 13.0. The van der Waals surface area contributed by atoms with E-state index in [1.807, 2.05) is 31.2 Å². The number of nitrogens with one attached hydrogen (secondary N) is 1. The van der Waals surface area contributed by atoms with Crippen LogP contribution < -0.4 is 5.32 Å². The van der Waals surface area contributed by atoms with Crippen molar-refractivity contribution in [3.8, 4) is 0 Å². The molecule has 1 fully saturated rings. The van der Waals surface area contributed by atoms with Gasteiger partial charge in [-0.25, -0.2) is 4.39 Å². The lowest BCUT2D eigenvalue weighted by Crippen LogP contribution is -2.40. The summed E-state index contributed by atoms with van der Waals surface area (Å²) in [5.74, 6) is -0.345. The lowest BCUT2D eigenvalue weighted by molar-refractivity contribution is -0.116. The van der Waals surface area contributed by atoms with Crippen LogP contribution in [-0.2, 0) is 4.79 Å². The molecule has 29 heavy (non-hydrogen) atoms. The van der Waals surface area contributed by atoms with E-state index in [-0.39, 0.29) is 23.4 Å². The van der Waals surface area contributed by atoms with Crippen LogP contribution in [0.1, 0.15) is 34.3 Å². The van der Waals surface area contributed by atoms with Gasteiger partial charge in [-0.05, 0) is 68.8 Å². The third-order valence-electron chi connectivity index (χ3n) is 5.32. The highest BCUT2D eigenvalue weighted by Crippen LogP contribution is 2.21. The fraction of sp³-hybridized carbons (Fsp3) is 0.333. The van der Waals surface area contributed by atoms with Crippen LogP contribution in [-0.4, -0.2) is 42.8 Å². The summed E-state index contributed by atoms with van der Waals surface area (Å²) >= 11 is 0. The lowest BCUT2D eigenvalue weighted by atomic mass is 9.89. The van der Waals surface area contributed by atoms with Crippen LogP contribution in [0.3, 0.4) is 0 Å². The number of benzene rings is 2. The molecule has 1 amide bonds. The van der Waals surface area contributed by atoms with Crippen LogP contribution in [0.4, 0.5) is 4.39 Å². The van der Waals surface area contributed by atoms with E-state index >= 15 is 0 Å². The predicted octanol–water partition coefficient (Wildman–Crippen LogP) is 3.86. The zero-order valence-corrected chi connectivity index (χ0v) is 16.7. The molecule has 0 saturated carbocycles. The molecule has 2 aromatic carbocycles. The second kappa shape index (κ2) is 10.1. The van der Waals surface area contributed by atoms with E-state index < -0.39 is 0 Å². The smallest absolute Gasteiger partial charge is 0.244 e. The van der Waals surface area contributed by atoms with Crippen molar-refractivity contribution in [1.82, 2.24) is 10.2 Å². The van der Waals surface area contributed by atoms with Gasteiger partial charge < -0.3 is 10.2 Å². The van der Waals surface area contributed by atoms with Crippen molar-refractivity contribution in [3.05, 3.63) is 77.1 Å². The first-order valence-corrected chi connectivity index (χ1v) is 10.1. The molecular formula is C24H27FN2O2. The molecule has 3 rings (SSSR count). The quantitative estimate of drug-likeness (QED) is 0.573. The average molecular weight is 394 g/mol. The van der Waals surface area contributed by atoms with E-state index in [1.54, 1.807) is 24.3 Å². The Morgan fingerprint density at radius 1 is 1.07 bits per heavy atom. The third-order valence-corrected chi connectivity index (χ3v) is 5.32. The summed E-state index contributed by atoms with van der Waals surface area (Å²) in [5, 5.41) is 2.91. The monoisotopic (exact) mass is 394 g/mol. The number of amides is 1. The fourth-order valence-electron chi connectivity index (χ4n) is 3.51. The molecule has 5 heteroatoms. The topological polar surface area (TPSA) is 49.4 Å². The van der Waals surface area contributed by atoms with Crippen LogP contribution in [0, 0.1) is 18.7 Å². The van der Waals surface area contributed by atoms with Crippen LogP contribution in [0.5, 0.6) is 0 Å². The van der Waals surface area contributed by atoms with E-state index in [1.165, 1.54) is 17.7 Å². The summed E-state index contributed by atoms with van der Waals surface area (Å²) in [6.07, 6.45) is 4.94. The molecule has 1 N–H and O–H groups in total.